The number of hydrogen-bond donors (Lipinski definition) is 2. The van der Waals surface area contributed by atoms with Crippen LogP contribution in [-0.4, -0.2) is 44.7 Å². The summed E-state index contributed by atoms with van der Waals surface area (Å²) in [6.07, 6.45) is 2.50. The topological polar surface area (TPSA) is 87.5 Å². The summed E-state index contributed by atoms with van der Waals surface area (Å²) in [5.41, 5.74) is 1.65. The highest BCUT2D eigenvalue weighted by Gasteiger charge is 2.29. The fraction of sp³-hybridized carbons (Fsp3) is 0.261. The molecule has 1 aromatic heterocycles. The van der Waals surface area contributed by atoms with Crippen molar-refractivity contribution in [3.63, 3.8) is 0 Å². The van der Waals surface area contributed by atoms with Crippen LogP contribution in [0.1, 0.15) is 28.9 Å². The molecule has 1 saturated heterocycles. The van der Waals surface area contributed by atoms with Gasteiger partial charge in [-0.05, 0) is 44.0 Å². The smallest absolute Gasteiger partial charge is 0.257 e. The number of rotatable bonds is 4. The summed E-state index contributed by atoms with van der Waals surface area (Å²) in [6.45, 7) is 2.60. The van der Waals surface area contributed by atoms with E-state index in [2.05, 4.69) is 10.4 Å². The maximum Gasteiger partial charge on any atom is 0.257 e. The maximum absolute atomic E-state index is 14.1. The van der Waals surface area contributed by atoms with Gasteiger partial charge in [0.05, 0.1) is 23.1 Å². The third-order valence-electron chi connectivity index (χ3n) is 5.64. The van der Waals surface area contributed by atoms with E-state index in [9.17, 15) is 19.1 Å². The van der Waals surface area contributed by atoms with Crippen molar-refractivity contribution in [1.82, 2.24) is 14.7 Å². The summed E-state index contributed by atoms with van der Waals surface area (Å²) in [7, 11) is 0. The average Bonchev–Trinajstić information content (AvgIpc) is 3.16. The summed E-state index contributed by atoms with van der Waals surface area (Å²) in [6, 6.07) is 12.9. The molecule has 0 radical (unpaired) electrons. The number of hydrogen-bond acceptors (Lipinski definition) is 4. The second-order valence-corrected chi connectivity index (χ2v) is 7.58. The van der Waals surface area contributed by atoms with Crippen LogP contribution in [0.15, 0.2) is 54.7 Å². The normalized spacial score (nSPS) is 14.5. The molecule has 3 aromatic rings. The molecule has 160 valence electrons. The third kappa shape index (κ3) is 4.14. The number of halogens is 1. The van der Waals surface area contributed by atoms with Crippen LogP contribution in [0.2, 0.25) is 0 Å². The van der Waals surface area contributed by atoms with E-state index in [4.69, 9.17) is 0 Å². The van der Waals surface area contributed by atoms with Gasteiger partial charge in [-0.2, -0.15) is 5.10 Å². The Labute approximate surface area is 179 Å². The van der Waals surface area contributed by atoms with Crippen molar-refractivity contribution < 1.29 is 19.1 Å². The van der Waals surface area contributed by atoms with E-state index in [1.807, 2.05) is 0 Å². The van der Waals surface area contributed by atoms with Crippen LogP contribution in [0, 0.1) is 18.7 Å². The number of amides is 2. The van der Waals surface area contributed by atoms with Gasteiger partial charge >= 0.3 is 0 Å². The van der Waals surface area contributed by atoms with Crippen LogP contribution < -0.4 is 5.32 Å². The van der Waals surface area contributed by atoms with Gasteiger partial charge in [0.15, 0.2) is 0 Å². The Morgan fingerprint density at radius 2 is 1.77 bits per heavy atom. The van der Waals surface area contributed by atoms with E-state index in [1.54, 1.807) is 48.2 Å². The Morgan fingerprint density at radius 3 is 2.48 bits per heavy atom. The van der Waals surface area contributed by atoms with Crippen molar-refractivity contribution in [2.45, 2.75) is 19.8 Å². The molecule has 0 unspecified atom stereocenters. The zero-order chi connectivity index (χ0) is 22.0. The minimum atomic E-state index is -0.413. The predicted molar refractivity (Wildman–Crippen MR) is 114 cm³/mol. The highest BCUT2D eigenvalue weighted by molar-refractivity contribution is 5.96. The molecule has 0 bridgehead atoms. The fourth-order valence-electron chi connectivity index (χ4n) is 3.82. The molecule has 0 spiro atoms. The Balaban J connectivity index is 1.40. The second-order valence-electron chi connectivity index (χ2n) is 7.58. The molecular formula is C23H23FN4O3. The van der Waals surface area contributed by atoms with Crippen LogP contribution in [0.4, 0.5) is 10.1 Å². The summed E-state index contributed by atoms with van der Waals surface area (Å²) < 4.78 is 15.5. The van der Waals surface area contributed by atoms with E-state index in [-0.39, 0.29) is 23.5 Å². The number of carbonyl (C=O) groups is 2. The zero-order valence-electron chi connectivity index (χ0n) is 17.1. The molecule has 8 heteroatoms. The van der Waals surface area contributed by atoms with E-state index in [1.165, 1.54) is 23.0 Å². The Morgan fingerprint density at radius 1 is 1.10 bits per heavy atom. The summed E-state index contributed by atoms with van der Waals surface area (Å²) in [4.78, 5) is 27.2. The summed E-state index contributed by atoms with van der Waals surface area (Å²) in [5, 5.41) is 16.8. The van der Waals surface area contributed by atoms with Crippen molar-refractivity contribution in [3.8, 4) is 11.4 Å². The predicted octanol–water partition coefficient (Wildman–Crippen LogP) is 3.52. The molecule has 2 N–H and O–H groups in total. The van der Waals surface area contributed by atoms with Gasteiger partial charge in [0, 0.05) is 19.0 Å². The van der Waals surface area contributed by atoms with Crippen molar-refractivity contribution >= 4 is 17.5 Å². The highest BCUT2D eigenvalue weighted by atomic mass is 19.1. The number of benzene rings is 2. The Kier molecular flexibility index (Phi) is 5.70. The molecule has 0 atom stereocenters. The standard InChI is InChI=1S/C23H23FN4O3/c1-15-17(14-25-28(15)20-8-4-2-6-18(20)24)23(31)27-12-10-16(11-13-27)22(30)26-19-7-3-5-9-21(19)29/h2-9,14,16,29H,10-13H2,1H3,(H,26,30). The first-order valence-electron chi connectivity index (χ1n) is 10.1. The third-order valence-corrected chi connectivity index (χ3v) is 5.64. The molecule has 1 fully saturated rings. The molecule has 31 heavy (non-hydrogen) atoms. The number of aromatic hydroxyl groups is 1. The van der Waals surface area contributed by atoms with Crippen LogP contribution >= 0.6 is 0 Å². The van der Waals surface area contributed by atoms with Crippen LogP contribution in [0.25, 0.3) is 5.69 Å². The molecule has 2 aromatic carbocycles. The van der Waals surface area contributed by atoms with Gasteiger partial charge in [0.2, 0.25) is 5.91 Å². The van der Waals surface area contributed by atoms with Crippen LogP contribution in [0.3, 0.4) is 0 Å². The second kappa shape index (κ2) is 8.59. The Bertz CT molecular complexity index is 1120. The van der Waals surface area contributed by atoms with Gasteiger partial charge in [0.1, 0.15) is 17.3 Å². The number of phenols is 1. The van der Waals surface area contributed by atoms with Crippen molar-refractivity contribution in [3.05, 3.63) is 71.8 Å². The first kappa shape index (κ1) is 20.6. The first-order valence-corrected chi connectivity index (χ1v) is 10.1. The van der Waals surface area contributed by atoms with Crippen molar-refractivity contribution in [2.24, 2.45) is 5.92 Å². The molecule has 0 saturated carbocycles. The number of piperidine rings is 1. The van der Waals surface area contributed by atoms with Crippen molar-refractivity contribution in [2.75, 3.05) is 18.4 Å². The van der Waals surface area contributed by atoms with Crippen LogP contribution in [-0.2, 0) is 4.79 Å². The molecule has 2 amide bonds. The van der Waals surface area contributed by atoms with Gasteiger partial charge in [0.25, 0.3) is 5.91 Å². The summed E-state index contributed by atoms with van der Waals surface area (Å²) >= 11 is 0. The van der Waals surface area contributed by atoms with Gasteiger partial charge < -0.3 is 15.3 Å². The van der Waals surface area contributed by atoms with Gasteiger partial charge in [-0.3, -0.25) is 9.59 Å². The number of likely N-dealkylation sites (tertiary alicyclic amines) is 1. The lowest BCUT2D eigenvalue weighted by Gasteiger charge is -2.31. The number of nitrogens with one attached hydrogen (secondary N) is 1. The quantitative estimate of drug-likeness (QED) is 0.630. The van der Waals surface area contributed by atoms with Gasteiger partial charge in [-0.15, -0.1) is 0 Å². The molecule has 0 aliphatic carbocycles. The highest BCUT2D eigenvalue weighted by Crippen LogP contribution is 2.26. The summed E-state index contributed by atoms with van der Waals surface area (Å²) in [5.74, 6) is -0.988. The maximum atomic E-state index is 14.1. The molecule has 2 heterocycles. The van der Waals surface area contributed by atoms with Gasteiger partial charge in [-0.1, -0.05) is 24.3 Å². The lowest BCUT2D eigenvalue weighted by Crippen LogP contribution is -2.41. The number of phenolic OH excluding ortho intramolecular Hbond substituents is 1. The van der Waals surface area contributed by atoms with E-state index in [0.29, 0.717) is 48.6 Å². The number of nitrogens with zero attached hydrogens (tertiary/aromatic N) is 3. The molecule has 4 rings (SSSR count). The molecular weight excluding hydrogens is 399 g/mol. The van der Waals surface area contributed by atoms with Crippen LogP contribution in [0.5, 0.6) is 5.75 Å². The number of para-hydroxylation sites is 3. The van der Waals surface area contributed by atoms with E-state index >= 15 is 0 Å². The zero-order valence-corrected chi connectivity index (χ0v) is 17.1. The molecule has 7 nitrogen and oxygen atoms in total. The lowest BCUT2D eigenvalue weighted by molar-refractivity contribution is -0.121. The largest absolute Gasteiger partial charge is 0.506 e. The SMILES string of the molecule is Cc1c(C(=O)N2CCC(C(=O)Nc3ccccc3O)CC2)cnn1-c1ccccc1F. The number of carbonyl (C=O) groups excluding carboxylic acids is 2. The van der Waals surface area contributed by atoms with E-state index < -0.39 is 5.82 Å². The molecule has 1 aliphatic rings. The monoisotopic (exact) mass is 422 g/mol. The number of anilines is 1. The molecule has 1 aliphatic heterocycles. The first-order chi connectivity index (χ1) is 15.0. The average molecular weight is 422 g/mol. The fourth-order valence-corrected chi connectivity index (χ4v) is 3.82. The lowest BCUT2D eigenvalue weighted by atomic mass is 9.95. The minimum absolute atomic E-state index is 0.0193. The van der Waals surface area contributed by atoms with Gasteiger partial charge in [-0.25, -0.2) is 9.07 Å². The minimum Gasteiger partial charge on any atom is -0.506 e. The Hall–Kier alpha value is -3.68. The van der Waals surface area contributed by atoms with E-state index in [0.717, 1.165) is 0 Å². The van der Waals surface area contributed by atoms with Crippen molar-refractivity contribution in [1.29, 1.82) is 0 Å². The number of aromatic nitrogens is 2.